The quantitative estimate of drug-likeness (QED) is 0.269. The second-order valence-corrected chi connectivity index (χ2v) is 15.0. The standard InChI is InChI=1S/C37H55N5O5/c1-23-30-19-28(37(30,3)4)20-31(23)39-35(45)34-33(24(2)44)32(22-43)47-42(34)21-25-10-8-11-27(18-25)26-12-14-29(15-13-26)38-36(46)41(7)17-9-16-40(5)6/h8,10-15,18,23-24,28,30-34,43-44H,9,16-17,19-22H2,1-7H3,(H,38,46)(H,39,45)/t23-,24-,28?,30?,31?,32-,33+,34-/m0/s1. The minimum atomic E-state index is -0.841. The van der Waals surface area contributed by atoms with Gasteiger partial charge in [0.15, 0.2) is 0 Å². The molecular formula is C37H55N5O5. The van der Waals surface area contributed by atoms with Gasteiger partial charge in [0, 0.05) is 31.2 Å². The highest BCUT2D eigenvalue weighted by Gasteiger charge is 2.57. The molecular weight excluding hydrogens is 594 g/mol. The van der Waals surface area contributed by atoms with Crippen LogP contribution in [0.15, 0.2) is 48.5 Å². The molecule has 3 aliphatic carbocycles. The molecule has 4 N–H and O–H groups in total. The van der Waals surface area contributed by atoms with Crippen LogP contribution >= 0.6 is 0 Å². The third kappa shape index (κ3) is 7.67. The summed E-state index contributed by atoms with van der Waals surface area (Å²) in [6.07, 6.45) is 1.57. The Balaban J connectivity index is 1.26. The van der Waals surface area contributed by atoms with E-state index in [2.05, 4.69) is 42.4 Å². The summed E-state index contributed by atoms with van der Waals surface area (Å²) in [5.74, 6) is 0.851. The fraction of sp³-hybridized carbons (Fsp3) is 0.622. The number of carbonyl (C=O) groups excluding carboxylic acids is 2. The molecule has 2 aromatic rings. The molecule has 1 aliphatic heterocycles. The lowest BCUT2D eigenvalue weighted by atomic mass is 9.45. The normalized spacial score (nSPS) is 28.9. The van der Waals surface area contributed by atoms with Crippen molar-refractivity contribution in [3.63, 3.8) is 0 Å². The predicted octanol–water partition coefficient (Wildman–Crippen LogP) is 4.43. The Bertz CT molecular complexity index is 1380. The molecule has 1 saturated heterocycles. The average Bonchev–Trinajstić information content (AvgIpc) is 3.40. The second kappa shape index (κ2) is 14.6. The van der Waals surface area contributed by atoms with E-state index in [-0.39, 0.29) is 24.6 Å². The predicted molar refractivity (Wildman–Crippen MR) is 184 cm³/mol. The van der Waals surface area contributed by atoms with Crippen LogP contribution in [0.4, 0.5) is 10.5 Å². The van der Waals surface area contributed by atoms with Gasteiger partial charge in [-0.15, -0.1) is 0 Å². The molecule has 2 aromatic carbocycles. The zero-order valence-electron chi connectivity index (χ0n) is 29.1. The number of rotatable bonds is 12. The number of aliphatic hydroxyl groups is 2. The first kappa shape index (κ1) is 35.3. The molecule has 0 spiro atoms. The monoisotopic (exact) mass is 649 g/mol. The number of amides is 3. The lowest BCUT2D eigenvalue weighted by Gasteiger charge is -2.62. The molecule has 8 atom stereocenters. The fourth-order valence-electron chi connectivity index (χ4n) is 8.20. The summed E-state index contributed by atoms with van der Waals surface area (Å²) < 4.78 is 0. The van der Waals surface area contributed by atoms with Crippen LogP contribution in [0.2, 0.25) is 0 Å². The van der Waals surface area contributed by atoms with E-state index in [0.29, 0.717) is 36.3 Å². The highest BCUT2D eigenvalue weighted by Crippen LogP contribution is 2.61. The SMILES string of the molecule is C[C@@H]1C(NC(=O)[C@@H]2[C@H]([C@H](C)O)[C@H](CO)ON2Cc2cccc(-c3ccc(NC(=O)N(C)CCCN(C)C)cc3)c2)CC2CC1C2(C)C. The molecule has 3 unspecified atom stereocenters. The van der Waals surface area contributed by atoms with E-state index in [9.17, 15) is 19.8 Å². The average molecular weight is 650 g/mol. The topological polar surface area (TPSA) is 118 Å². The number of anilines is 1. The summed E-state index contributed by atoms with van der Waals surface area (Å²) >= 11 is 0. The van der Waals surface area contributed by atoms with E-state index in [1.165, 1.54) is 6.42 Å². The van der Waals surface area contributed by atoms with Crippen molar-refractivity contribution in [1.82, 2.24) is 20.2 Å². The number of nitrogens with one attached hydrogen (secondary N) is 2. The van der Waals surface area contributed by atoms with Crippen LogP contribution in [0.1, 0.15) is 52.5 Å². The smallest absolute Gasteiger partial charge is 0.321 e. The van der Waals surface area contributed by atoms with Gasteiger partial charge in [0.25, 0.3) is 0 Å². The first-order valence-electron chi connectivity index (χ1n) is 17.2. The summed E-state index contributed by atoms with van der Waals surface area (Å²) in [5.41, 5.74) is 3.96. The molecule has 3 saturated carbocycles. The van der Waals surface area contributed by atoms with Gasteiger partial charge >= 0.3 is 6.03 Å². The van der Waals surface area contributed by atoms with Gasteiger partial charge < -0.3 is 30.6 Å². The zero-order valence-corrected chi connectivity index (χ0v) is 29.1. The number of nitrogens with zero attached hydrogens (tertiary/aromatic N) is 3. The number of urea groups is 1. The first-order valence-corrected chi connectivity index (χ1v) is 17.2. The molecule has 6 rings (SSSR count). The first-order chi connectivity index (χ1) is 22.3. The van der Waals surface area contributed by atoms with Crippen molar-refractivity contribution >= 4 is 17.6 Å². The largest absolute Gasteiger partial charge is 0.394 e. The molecule has 4 aliphatic rings. The zero-order chi connectivity index (χ0) is 34.0. The highest BCUT2D eigenvalue weighted by atomic mass is 16.7. The number of aliphatic hydroxyl groups excluding tert-OH is 2. The highest BCUT2D eigenvalue weighted by molar-refractivity contribution is 5.89. The van der Waals surface area contributed by atoms with Crippen molar-refractivity contribution < 1.29 is 24.6 Å². The van der Waals surface area contributed by atoms with Crippen molar-refractivity contribution in [2.75, 3.05) is 46.2 Å². The number of benzene rings is 2. The van der Waals surface area contributed by atoms with Crippen molar-refractivity contribution in [3.8, 4) is 11.1 Å². The van der Waals surface area contributed by atoms with Crippen LogP contribution in [0.25, 0.3) is 11.1 Å². The van der Waals surface area contributed by atoms with Crippen LogP contribution < -0.4 is 10.6 Å². The molecule has 0 radical (unpaired) electrons. The van der Waals surface area contributed by atoms with E-state index in [4.69, 9.17) is 4.84 Å². The molecule has 4 fully saturated rings. The third-order valence-corrected chi connectivity index (χ3v) is 11.2. The second-order valence-electron chi connectivity index (χ2n) is 15.0. The lowest BCUT2D eigenvalue weighted by Crippen LogP contribution is -2.62. The van der Waals surface area contributed by atoms with Gasteiger partial charge in [-0.1, -0.05) is 51.1 Å². The molecule has 3 amide bonds. The van der Waals surface area contributed by atoms with Crippen LogP contribution in [0, 0.1) is 29.1 Å². The Morgan fingerprint density at radius 2 is 1.79 bits per heavy atom. The molecule has 1 heterocycles. The Hall–Kier alpha value is -3.02. The van der Waals surface area contributed by atoms with Gasteiger partial charge in [-0.25, -0.2) is 4.79 Å². The summed E-state index contributed by atoms with van der Waals surface area (Å²) in [6.45, 7) is 10.2. The van der Waals surface area contributed by atoms with E-state index >= 15 is 0 Å². The molecule has 2 bridgehead atoms. The maximum atomic E-state index is 14.0. The number of hydrogen-bond donors (Lipinski definition) is 4. The van der Waals surface area contributed by atoms with Gasteiger partial charge in [0.2, 0.25) is 5.91 Å². The van der Waals surface area contributed by atoms with E-state index in [1.54, 1.807) is 23.9 Å². The Labute approximate surface area is 280 Å². The molecule has 47 heavy (non-hydrogen) atoms. The maximum absolute atomic E-state index is 14.0. The van der Waals surface area contributed by atoms with Crippen molar-refractivity contribution in [2.45, 2.75) is 77.8 Å². The van der Waals surface area contributed by atoms with Crippen molar-refractivity contribution in [2.24, 2.45) is 29.1 Å². The number of hydrogen-bond acceptors (Lipinski definition) is 7. The van der Waals surface area contributed by atoms with Crippen LogP contribution in [0.5, 0.6) is 0 Å². The van der Waals surface area contributed by atoms with Gasteiger partial charge in [-0.05, 0) is 105 Å². The van der Waals surface area contributed by atoms with Crippen LogP contribution in [0.3, 0.4) is 0 Å². The molecule has 10 nitrogen and oxygen atoms in total. The molecule has 258 valence electrons. The maximum Gasteiger partial charge on any atom is 0.321 e. The lowest BCUT2D eigenvalue weighted by molar-refractivity contribution is -0.183. The molecule has 0 aromatic heterocycles. The van der Waals surface area contributed by atoms with E-state index in [1.807, 2.05) is 56.6 Å². The van der Waals surface area contributed by atoms with E-state index in [0.717, 1.165) is 41.8 Å². The molecule has 10 heteroatoms. The van der Waals surface area contributed by atoms with Gasteiger partial charge in [-0.2, -0.15) is 5.06 Å². The van der Waals surface area contributed by atoms with Gasteiger partial charge in [0.05, 0.1) is 19.3 Å². The van der Waals surface area contributed by atoms with Crippen molar-refractivity contribution in [3.05, 3.63) is 54.1 Å². The summed E-state index contributed by atoms with van der Waals surface area (Å²) in [7, 11) is 5.84. The fourth-order valence-corrected chi connectivity index (χ4v) is 8.20. The Morgan fingerprint density at radius 1 is 1.06 bits per heavy atom. The van der Waals surface area contributed by atoms with Gasteiger partial charge in [0.1, 0.15) is 12.1 Å². The summed E-state index contributed by atoms with van der Waals surface area (Å²) in [6, 6.07) is 15.0. The Kier molecular flexibility index (Phi) is 11.0. The minimum absolute atomic E-state index is 0.0866. The minimum Gasteiger partial charge on any atom is -0.394 e. The van der Waals surface area contributed by atoms with Gasteiger partial charge in [-0.3, -0.25) is 9.63 Å². The summed E-state index contributed by atoms with van der Waals surface area (Å²) in [4.78, 5) is 36.6. The number of hydroxylamine groups is 2. The Morgan fingerprint density at radius 3 is 2.40 bits per heavy atom. The number of fused-ring (bicyclic) bond motifs is 2. The van der Waals surface area contributed by atoms with Crippen molar-refractivity contribution in [1.29, 1.82) is 0 Å². The number of carbonyl (C=O) groups is 2. The van der Waals surface area contributed by atoms with Crippen LogP contribution in [-0.4, -0.2) is 102 Å². The van der Waals surface area contributed by atoms with E-state index < -0.39 is 24.2 Å². The summed E-state index contributed by atoms with van der Waals surface area (Å²) in [5, 5.41) is 28.9. The van der Waals surface area contributed by atoms with Crippen LogP contribution in [-0.2, 0) is 16.2 Å². The third-order valence-electron chi connectivity index (χ3n) is 11.2.